The van der Waals surface area contributed by atoms with Crippen LogP contribution in [0, 0.1) is 0 Å². The molecule has 0 saturated carbocycles. The Kier molecular flexibility index (Phi) is 4.33. The minimum atomic E-state index is -3.50. The molecule has 1 fully saturated rings. The van der Waals surface area contributed by atoms with E-state index >= 15 is 0 Å². The third kappa shape index (κ3) is 3.07. The Balaban J connectivity index is 2.41. The van der Waals surface area contributed by atoms with Gasteiger partial charge in [-0.05, 0) is 45.0 Å². The number of nitrogens with zero attached hydrogens (tertiary/aromatic N) is 2. The van der Waals surface area contributed by atoms with Crippen LogP contribution >= 0.6 is 0 Å². The van der Waals surface area contributed by atoms with E-state index in [1.807, 2.05) is 20.0 Å². The van der Waals surface area contributed by atoms with E-state index < -0.39 is 10.0 Å². The van der Waals surface area contributed by atoms with E-state index in [-0.39, 0.29) is 5.54 Å². The van der Waals surface area contributed by atoms with E-state index in [9.17, 15) is 8.42 Å². The van der Waals surface area contributed by atoms with Crippen molar-refractivity contribution in [1.82, 2.24) is 9.21 Å². The maximum atomic E-state index is 13.0. The number of likely N-dealkylation sites (N-methyl/N-ethyl adjacent to an activating group) is 1. The summed E-state index contributed by atoms with van der Waals surface area (Å²) in [6, 6.07) is 5.15. The Hall–Kier alpha value is -1.11. The van der Waals surface area contributed by atoms with Crippen LogP contribution in [-0.4, -0.2) is 49.8 Å². The SMILES string of the molecule is CCc1ccc(N)cc1S(=O)(=O)N1CCN(C)C(C)(C)C1. The highest BCUT2D eigenvalue weighted by molar-refractivity contribution is 7.89. The lowest BCUT2D eigenvalue weighted by molar-refractivity contribution is 0.0801. The largest absolute Gasteiger partial charge is 0.399 e. The van der Waals surface area contributed by atoms with Crippen LogP contribution in [0.25, 0.3) is 0 Å². The smallest absolute Gasteiger partial charge is 0.243 e. The zero-order chi connectivity index (χ0) is 15.8. The second-order valence-electron chi connectivity index (χ2n) is 6.29. The van der Waals surface area contributed by atoms with Gasteiger partial charge in [0.15, 0.2) is 0 Å². The van der Waals surface area contributed by atoms with Crippen LogP contribution < -0.4 is 5.73 Å². The normalized spacial score (nSPS) is 20.6. The number of benzene rings is 1. The van der Waals surface area contributed by atoms with Crippen molar-refractivity contribution >= 4 is 15.7 Å². The van der Waals surface area contributed by atoms with Crippen LogP contribution in [0.4, 0.5) is 5.69 Å². The van der Waals surface area contributed by atoms with Crippen molar-refractivity contribution in [3.63, 3.8) is 0 Å². The molecule has 1 saturated heterocycles. The van der Waals surface area contributed by atoms with Gasteiger partial charge < -0.3 is 5.73 Å². The quantitative estimate of drug-likeness (QED) is 0.860. The van der Waals surface area contributed by atoms with Gasteiger partial charge in [-0.1, -0.05) is 13.0 Å². The summed E-state index contributed by atoms with van der Waals surface area (Å²) in [5.41, 5.74) is 6.93. The number of nitrogen functional groups attached to an aromatic ring is 1. The van der Waals surface area contributed by atoms with Gasteiger partial charge in [0.05, 0.1) is 4.90 Å². The van der Waals surface area contributed by atoms with Crippen molar-refractivity contribution in [2.45, 2.75) is 37.6 Å². The van der Waals surface area contributed by atoms with Crippen molar-refractivity contribution in [1.29, 1.82) is 0 Å². The van der Waals surface area contributed by atoms with Gasteiger partial charge in [-0.3, -0.25) is 4.90 Å². The van der Waals surface area contributed by atoms with Gasteiger partial charge in [-0.25, -0.2) is 8.42 Å². The number of rotatable bonds is 3. The molecule has 2 N–H and O–H groups in total. The molecule has 1 heterocycles. The lowest BCUT2D eigenvalue weighted by atomic mass is 10.0. The van der Waals surface area contributed by atoms with Gasteiger partial charge >= 0.3 is 0 Å². The second kappa shape index (κ2) is 5.59. The fraction of sp³-hybridized carbons (Fsp3) is 0.600. The molecule has 118 valence electrons. The molecule has 0 spiro atoms. The summed E-state index contributed by atoms with van der Waals surface area (Å²) in [4.78, 5) is 2.55. The van der Waals surface area contributed by atoms with Crippen LogP contribution in [0.5, 0.6) is 0 Å². The molecular weight excluding hydrogens is 286 g/mol. The first-order valence-electron chi connectivity index (χ1n) is 7.28. The van der Waals surface area contributed by atoms with Crippen LogP contribution in [-0.2, 0) is 16.4 Å². The molecule has 0 atom stereocenters. The van der Waals surface area contributed by atoms with Crippen molar-refractivity contribution in [2.24, 2.45) is 0 Å². The first-order valence-corrected chi connectivity index (χ1v) is 8.72. The van der Waals surface area contributed by atoms with Gasteiger partial charge in [0.25, 0.3) is 0 Å². The number of piperazine rings is 1. The molecule has 6 heteroatoms. The summed E-state index contributed by atoms with van der Waals surface area (Å²) >= 11 is 0. The van der Waals surface area contributed by atoms with Gasteiger partial charge in [-0.2, -0.15) is 4.31 Å². The molecule has 1 aliphatic heterocycles. The number of hydrogen-bond donors (Lipinski definition) is 1. The van der Waals surface area contributed by atoms with Gasteiger partial charge in [0.2, 0.25) is 10.0 Å². The van der Waals surface area contributed by atoms with Crippen LogP contribution in [0.1, 0.15) is 26.3 Å². The van der Waals surface area contributed by atoms with Gasteiger partial charge in [-0.15, -0.1) is 0 Å². The number of anilines is 1. The van der Waals surface area contributed by atoms with E-state index in [0.717, 1.165) is 12.1 Å². The number of nitrogens with two attached hydrogens (primary N) is 1. The predicted molar refractivity (Wildman–Crippen MR) is 85.7 cm³/mol. The standard InChI is InChI=1S/C15H25N3O2S/c1-5-12-6-7-13(16)10-14(12)21(19,20)18-9-8-17(4)15(2,3)11-18/h6-7,10H,5,8-9,11,16H2,1-4H3. The topological polar surface area (TPSA) is 66.6 Å². The Morgan fingerprint density at radius 2 is 1.95 bits per heavy atom. The third-order valence-electron chi connectivity index (χ3n) is 4.37. The number of hydrogen-bond acceptors (Lipinski definition) is 4. The first kappa shape index (κ1) is 16.3. The lowest BCUT2D eigenvalue weighted by Crippen LogP contribution is -2.58. The molecule has 1 aliphatic rings. The molecule has 1 aromatic carbocycles. The number of aryl methyl sites for hydroxylation is 1. The zero-order valence-corrected chi connectivity index (χ0v) is 14.1. The summed E-state index contributed by atoms with van der Waals surface area (Å²) < 4.78 is 27.5. The molecule has 0 bridgehead atoms. The van der Waals surface area contributed by atoms with E-state index in [0.29, 0.717) is 30.1 Å². The van der Waals surface area contributed by atoms with Crippen molar-refractivity contribution < 1.29 is 8.42 Å². The average molecular weight is 311 g/mol. The maximum absolute atomic E-state index is 13.0. The molecule has 0 aliphatic carbocycles. The summed E-state index contributed by atoms with van der Waals surface area (Å²) in [6.45, 7) is 7.82. The third-order valence-corrected chi connectivity index (χ3v) is 6.30. The lowest BCUT2D eigenvalue weighted by Gasteiger charge is -2.44. The van der Waals surface area contributed by atoms with Crippen LogP contribution in [0.3, 0.4) is 0 Å². The monoisotopic (exact) mass is 311 g/mol. The molecule has 0 amide bonds. The Bertz CT molecular complexity index is 626. The van der Waals surface area contributed by atoms with E-state index in [2.05, 4.69) is 18.7 Å². The maximum Gasteiger partial charge on any atom is 0.243 e. The molecule has 0 aromatic heterocycles. The first-order chi connectivity index (χ1) is 9.68. The molecule has 0 unspecified atom stereocenters. The molecular formula is C15H25N3O2S. The van der Waals surface area contributed by atoms with Crippen molar-refractivity contribution in [2.75, 3.05) is 32.4 Å². The molecule has 1 aromatic rings. The average Bonchev–Trinajstić information content (AvgIpc) is 2.41. The summed E-state index contributed by atoms with van der Waals surface area (Å²) in [6.07, 6.45) is 0.673. The molecule has 0 radical (unpaired) electrons. The number of sulfonamides is 1. The predicted octanol–water partition coefficient (Wildman–Crippen LogP) is 1.55. The summed E-state index contributed by atoms with van der Waals surface area (Å²) in [5, 5.41) is 0. The Morgan fingerprint density at radius 3 is 2.52 bits per heavy atom. The minimum Gasteiger partial charge on any atom is -0.399 e. The highest BCUT2D eigenvalue weighted by Gasteiger charge is 2.37. The van der Waals surface area contributed by atoms with E-state index in [4.69, 9.17) is 5.73 Å². The molecule has 2 rings (SSSR count). The second-order valence-corrected chi connectivity index (χ2v) is 8.20. The van der Waals surface area contributed by atoms with E-state index in [1.165, 1.54) is 0 Å². The summed E-state index contributed by atoms with van der Waals surface area (Å²) in [7, 11) is -1.47. The highest BCUT2D eigenvalue weighted by Crippen LogP contribution is 2.28. The molecule has 5 nitrogen and oxygen atoms in total. The van der Waals surface area contributed by atoms with Gasteiger partial charge in [0, 0.05) is 30.9 Å². The fourth-order valence-electron chi connectivity index (χ4n) is 2.64. The van der Waals surface area contributed by atoms with Crippen molar-refractivity contribution in [3.05, 3.63) is 23.8 Å². The highest BCUT2D eigenvalue weighted by atomic mass is 32.2. The Labute approximate surface area is 127 Å². The summed E-state index contributed by atoms with van der Waals surface area (Å²) in [5.74, 6) is 0. The zero-order valence-electron chi connectivity index (χ0n) is 13.3. The van der Waals surface area contributed by atoms with Crippen LogP contribution in [0.2, 0.25) is 0 Å². The van der Waals surface area contributed by atoms with Crippen molar-refractivity contribution in [3.8, 4) is 0 Å². The van der Waals surface area contributed by atoms with Crippen LogP contribution in [0.15, 0.2) is 23.1 Å². The molecule has 21 heavy (non-hydrogen) atoms. The minimum absolute atomic E-state index is 0.169. The van der Waals surface area contributed by atoms with E-state index in [1.54, 1.807) is 16.4 Å². The van der Waals surface area contributed by atoms with Gasteiger partial charge in [0.1, 0.15) is 0 Å². The Morgan fingerprint density at radius 1 is 1.29 bits per heavy atom. The fourth-order valence-corrected chi connectivity index (χ4v) is 4.56.